The van der Waals surface area contributed by atoms with E-state index >= 15 is 0 Å². The normalized spacial score (nSPS) is 6.50. The Hall–Kier alpha value is 1.16. The van der Waals surface area contributed by atoms with Crippen LogP contribution in [0.4, 0.5) is 0 Å². The van der Waals surface area contributed by atoms with Crippen LogP contribution < -0.4 is 0 Å². The summed E-state index contributed by atoms with van der Waals surface area (Å²) in [4.78, 5) is 0. The van der Waals surface area contributed by atoms with E-state index in [9.17, 15) is 0 Å². The molecule has 4 heavy (non-hydrogen) atoms. The molecule has 0 aliphatic heterocycles. The molecule has 0 unspecified atom stereocenters. The molecule has 0 spiro atoms. The van der Waals surface area contributed by atoms with E-state index < -0.39 is 0 Å². The molecule has 0 N–H and O–H groups in total. The van der Waals surface area contributed by atoms with Crippen LogP contribution in [-0.4, -0.2) is 1.96 Å². The minimum atomic E-state index is 1.19. The summed E-state index contributed by atoms with van der Waals surface area (Å²) < 4.78 is 2.12. The van der Waals surface area contributed by atoms with Crippen molar-refractivity contribution in [3.63, 3.8) is 0 Å². The molecule has 0 rings (SSSR count). The second kappa shape index (κ2) is 4.16. The summed E-state index contributed by atoms with van der Waals surface area (Å²) in [6, 6.07) is 0. The summed E-state index contributed by atoms with van der Waals surface area (Å²) in [7, 11) is 0. The van der Waals surface area contributed by atoms with Crippen LogP contribution in [0.15, 0.2) is 0 Å². The van der Waals surface area contributed by atoms with Gasteiger partial charge in [-0.25, -0.2) is 0 Å². The molecule has 0 fully saturated rings. The molecule has 0 saturated heterocycles. The van der Waals surface area contributed by atoms with Gasteiger partial charge >= 0.3 is 51.4 Å². The van der Waals surface area contributed by atoms with Gasteiger partial charge in [-0.15, -0.1) is 0 Å². The average Bonchev–Trinajstić information content (AvgIpc) is 1.37. The summed E-state index contributed by atoms with van der Waals surface area (Å²) in [5.41, 5.74) is 0. The molecule has 0 aromatic carbocycles. The van der Waals surface area contributed by atoms with Gasteiger partial charge in [-0.05, 0) is 0 Å². The maximum atomic E-state index is 2.12. The second-order valence-corrected chi connectivity index (χ2v) is 1.42. The molecular formula is C3H6Tb. The van der Waals surface area contributed by atoms with Crippen molar-refractivity contribution in [2.45, 2.75) is 13.3 Å². The maximum absolute atomic E-state index is 2.12. The summed E-state index contributed by atoms with van der Waals surface area (Å²) in [5.74, 6) is 0. The Labute approximate surface area is 50.9 Å². The van der Waals surface area contributed by atoms with E-state index in [2.05, 4.69) is 45.0 Å². The van der Waals surface area contributed by atoms with Gasteiger partial charge in [0.25, 0.3) is 0 Å². The third-order valence-corrected chi connectivity index (χ3v) is 1.01. The average molecular weight is 201 g/mol. The van der Waals surface area contributed by atoms with Crippen LogP contribution in [0.25, 0.3) is 0 Å². The number of hydrogen-bond acceptors (Lipinski definition) is 0. The summed E-state index contributed by atoms with van der Waals surface area (Å²) in [6.07, 6.45) is 1.19. The van der Waals surface area contributed by atoms with Crippen molar-refractivity contribution in [1.29, 1.82) is 0 Å². The van der Waals surface area contributed by atoms with Crippen LogP contribution in [0.2, 0.25) is 0 Å². The van der Waals surface area contributed by atoms with Gasteiger partial charge in [0.05, 0.1) is 0 Å². The molecule has 0 nitrogen and oxygen atoms in total. The van der Waals surface area contributed by atoms with Crippen LogP contribution >= 0.6 is 0 Å². The van der Waals surface area contributed by atoms with E-state index in [1.165, 1.54) is 6.42 Å². The van der Waals surface area contributed by atoms with E-state index in [-0.39, 0.29) is 0 Å². The zero-order chi connectivity index (χ0) is 3.41. The predicted molar refractivity (Wildman–Crippen MR) is 16.4 cm³/mol. The molecule has 27 valence electrons. The Morgan fingerprint density at radius 3 is 2.25 bits per heavy atom. The number of rotatable bonds is 1. The topological polar surface area (TPSA) is 0 Å². The molecule has 0 heterocycles. The zero-order valence-electron chi connectivity index (χ0n) is 2.62. The standard InChI is InChI=1S/C3H6.Tb/c1-3-2;/h1H,3H2,2H3;. The van der Waals surface area contributed by atoms with Gasteiger partial charge in [0.15, 0.2) is 0 Å². The summed E-state index contributed by atoms with van der Waals surface area (Å²) in [5, 5.41) is 0. The van der Waals surface area contributed by atoms with Crippen molar-refractivity contribution in [1.82, 2.24) is 0 Å². The quantitative estimate of drug-likeness (QED) is 0.587. The fourth-order valence-corrected chi connectivity index (χ4v) is 0. The van der Waals surface area contributed by atoms with Crippen LogP contribution in [0, 0.1) is 36.1 Å². The van der Waals surface area contributed by atoms with Crippen molar-refractivity contribution in [3.05, 3.63) is 0 Å². The second-order valence-electron chi connectivity index (χ2n) is 0.544. The van der Waals surface area contributed by atoms with Gasteiger partial charge < -0.3 is 0 Å². The number of hydrogen-bond donors (Lipinski definition) is 0. The molecule has 0 aliphatic rings. The van der Waals surface area contributed by atoms with Crippen molar-refractivity contribution < 1.29 is 36.1 Å². The van der Waals surface area contributed by atoms with Gasteiger partial charge in [0.2, 0.25) is 0 Å². The molecular weight excluding hydrogens is 195 g/mol. The fourth-order valence-electron chi connectivity index (χ4n) is 0. The first kappa shape index (κ1) is 5.16. The van der Waals surface area contributed by atoms with Crippen molar-refractivity contribution >= 4 is 1.96 Å². The van der Waals surface area contributed by atoms with Crippen molar-refractivity contribution in [2.75, 3.05) is 0 Å². The Morgan fingerprint density at radius 2 is 2.25 bits per heavy atom. The molecule has 0 aliphatic carbocycles. The molecule has 0 aromatic rings. The van der Waals surface area contributed by atoms with E-state index in [0.717, 1.165) is 0 Å². The van der Waals surface area contributed by atoms with Crippen molar-refractivity contribution in [2.24, 2.45) is 0 Å². The molecule has 0 saturated carbocycles. The van der Waals surface area contributed by atoms with Crippen LogP contribution in [0.1, 0.15) is 13.3 Å². The first-order valence-corrected chi connectivity index (χ1v) is 2.54. The molecule has 0 aromatic heterocycles. The summed E-state index contributed by atoms with van der Waals surface area (Å²) in [6.45, 7) is 2.12. The van der Waals surface area contributed by atoms with Gasteiger partial charge in [0.1, 0.15) is 0 Å². The predicted octanol–water partition coefficient (Wildman–Crippen LogP) is 0.748. The first-order chi connectivity index (χ1) is 1.91. The molecule has 0 amide bonds. The van der Waals surface area contributed by atoms with Gasteiger partial charge in [-0.3, -0.25) is 0 Å². The van der Waals surface area contributed by atoms with Gasteiger partial charge in [-0.1, -0.05) is 0 Å². The molecule has 0 radical (unpaired) electrons. The van der Waals surface area contributed by atoms with Crippen LogP contribution in [-0.2, 0) is 0 Å². The van der Waals surface area contributed by atoms with E-state index in [0.29, 0.717) is 0 Å². The zero-order valence-corrected chi connectivity index (χ0v) is 4.76. The van der Waals surface area contributed by atoms with Crippen molar-refractivity contribution in [3.8, 4) is 0 Å². The third kappa shape index (κ3) is 3.16. The van der Waals surface area contributed by atoms with Gasteiger partial charge in [0, 0.05) is 0 Å². The molecule has 0 atom stereocenters. The Balaban J connectivity index is 2.30. The minimum absolute atomic E-state index is 1.19. The monoisotopic (exact) mass is 201 g/mol. The van der Waals surface area contributed by atoms with E-state index in [1.54, 1.807) is 0 Å². The molecule has 0 bridgehead atoms. The molecule has 1 heteroatoms. The Bertz CT molecular complexity index is 17.2. The fraction of sp³-hybridized carbons (Fsp3) is 0.667. The van der Waals surface area contributed by atoms with Crippen LogP contribution in [0.3, 0.4) is 0 Å². The van der Waals surface area contributed by atoms with E-state index in [4.69, 9.17) is 0 Å². The Morgan fingerprint density at radius 1 is 2.00 bits per heavy atom. The Kier molecular flexibility index (Phi) is 5.36. The first-order valence-electron chi connectivity index (χ1n) is 1.31. The van der Waals surface area contributed by atoms with Crippen LogP contribution in [0.5, 0.6) is 0 Å². The summed E-state index contributed by atoms with van der Waals surface area (Å²) >= 11 is 2.06. The third-order valence-electron chi connectivity index (χ3n) is 0.136. The SMILES string of the molecule is CC[CH]=[Tb]. The van der Waals surface area contributed by atoms with E-state index in [1.807, 2.05) is 0 Å². The van der Waals surface area contributed by atoms with Gasteiger partial charge in [-0.2, -0.15) is 0 Å².